The first-order chi connectivity index (χ1) is 10.4. The maximum atomic E-state index is 11.1. The van der Waals surface area contributed by atoms with Crippen molar-refractivity contribution in [3.63, 3.8) is 0 Å². The Morgan fingerprint density at radius 3 is 1.45 bits per heavy atom. The molecule has 0 radical (unpaired) electrons. The van der Waals surface area contributed by atoms with Gasteiger partial charge in [-0.3, -0.25) is 9.59 Å². The van der Waals surface area contributed by atoms with Gasteiger partial charge in [0, 0.05) is 13.8 Å². The van der Waals surface area contributed by atoms with Gasteiger partial charge in [-0.05, 0) is 35.4 Å². The number of amides is 2. The minimum Gasteiger partial charge on any atom is -0.506 e. The zero-order valence-corrected chi connectivity index (χ0v) is 12.2. The molecule has 0 saturated carbocycles. The summed E-state index contributed by atoms with van der Waals surface area (Å²) in [6.07, 6.45) is 0. The average Bonchev–Trinajstić information content (AvgIpc) is 2.43. The van der Waals surface area contributed by atoms with Crippen LogP contribution < -0.4 is 10.6 Å². The molecule has 0 aliphatic carbocycles. The molecule has 114 valence electrons. The van der Waals surface area contributed by atoms with E-state index in [0.717, 1.165) is 0 Å². The highest BCUT2D eigenvalue weighted by molar-refractivity contribution is 5.93. The van der Waals surface area contributed by atoms with Crippen LogP contribution in [-0.2, 0) is 9.59 Å². The molecule has 2 aromatic carbocycles. The summed E-state index contributed by atoms with van der Waals surface area (Å²) in [7, 11) is 0. The van der Waals surface area contributed by atoms with Gasteiger partial charge in [-0.15, -0.1) is 0 Å². The lowest BCUT2D eigenvalue weighted by atomic mass is 10.0. The lowest BCUT2D eigenvalue weighted by Crippen LogP contribution is -2.06. The molecule has 0 heterocycles. The third-order valence-corrected chi connectivity index (χ3v) is 2.95. The molecule has 22 heavy (non-hydrogen) atoms. The summed E-state index contributed by atoms with van der Waals surface area (Å²) < 4.78 is 0. The third kappa shape index (κ3) is 3.54. The Bertz CT molecular complexity index is 677. The number of anilines is 2. The summed E-state index contributed by atoms with van der Waals surface area (Å²) in [5.74, 6) is -0.672. The van der Waals surface area contributed by atoms with Gasteiger partial charge in [0.1, 0.15) is 11.5 Å². The second-order valence-corrected chi connectivity index (χ2v) is 4.83. The van der Waals surface area contributed by atoms with Gasteiger partial charge in [0.15, 0.2) is 0 Å². The summed E-state index contributed by atoms with van der Waals surface area (Å²) in [5.41, 5.74) is 2.01. The van der Waals surface area contributed by atoms with Crippen molar-refractivity contribution in [2.45, 2.75) is 13.8 Å². The SMILES string of the molecule is CC(=O)Nc1cc(-c2ccc(O)c(NC(C)=O)c2)ccc1O. The first-order valence-corrected chi connectivity index (χ1v) is 6.58. The summed E-state index contributed by atoms with van der Waals surface area (Å²) in [5, 5.41) is 24.5. The van der Waals surface area contributed by atoms with E-state index in [0.29, 0.717) is 22.5 Å². The summed E-state index contributed by atoms with van der Waals surface area (Å²) in [6, 6.07) is 9.49. The van der Waals surface area contributed by atoms with E-state index < -0.39 is 0 Å². The Labute approximate surface area is 127 Å². The number of aromatic hydroxyl groups is 2. The van der Waals surface area contributed by atoms with Gasteiger partial charge < -0.3 is 20.8 Å². The quantitative estimate of drug-likeness (QED) is 0.655. The highest BCUT2D eigenvalue weighted by Gasteiger charge is 2.09. The van der Waals surface area contributed by atoms with Crippen LogP contribution in [-0.4, -0.2) is 22.0 Å². The average molecular weight is 300 g/mol. The number of carbonyl (C=O) groups is 2. The van der Waals surface area contributed by atoms with E-state index in [4.69, 9.17) is 0 Å². The highest BCUT2D eigenvalue weighted by Crippen LogP contribution is 2.33. The van der Waals surface area contributed by atoms with Crippen molar-refractivity contribution in [3.8, 4) is 22.6 Å². The van der Waals surface area contributed by atoms with Crippen molar-refractivity contribution >= 4 is 23.2 Å². The first kappa shape index (κ1) is 15.4. The molecule has 0 atom stereocenters. The Balaban J connectivity index is 2.43. The van der Waals surface area contributed by atoms with Crippen LogP contribution in [0.5, 0.6) is 11.5 Å². The molecule has 0 unspecified atom stereocenters. The monoisotopic (exact) mass is 300 g/mol. The molecule has 0 spiro atoms. The highest BCUT2D eigenvalue weighted by atomic mass is 16.3. The van der Waals surface area contributed by atoms with Crippen molar-refractivity contribution in [2.75, 3.05) is 10.6 Å². The van der Waals surface area contributed by atoms with Gasteiger partial charge in [0.25, 0.3) is 0 Å². The number of hydrogen-bond donors (Lipinski definition) is 4. The van der Waals surface area contributed by atoms with E-state index in [2.05, 4.69) is 10.6 Å². The van der Waals surface area contributed by atoms with Gasteiger partial charge in [-0.2, -0.15) is 0 Å². The topological polar surface area (TPSA) is 98.7 Å². The smallest absolute Gasteiger partial charge is 0.221 e. The molecule has 0 aliphatic rings. The molecule has 4 N–H and O–H groups in total. The van der Waals surface area contributed by atoms with Crippen molar-refractivity contribution in [2.24, 2.45) is 0 Å². The van der Waals surface area contributed by atoms with Gasteiger partial charge >= 0.3 is 0 Å². The maximum Gasteiger partial charge on any atom is 0.221 e. The number of phenolic OH excluding ortho intramolecular Hbond substituents is 2. The van der Waals surface area contributed by atoms with Crippen LogP contribution >= 0.6 is 0 Å². The third-order valence-electron chi connectivity index (χ3n) is 2.95. The van der Waals surface area contributed by atoms with Crippen LogP contribution in [0.15, 0.2) is 36.4 Å². The largest absolute Gasteiger partial charge is 0.506 e. The van der Waals surface area contributed by atoms with Crippen LogP contribution in [0.3, 0.4) is 0 Å². The molecule has 2 aromatic rings. The van der Waals surface area contributed by atoms with E-state index in [1.807, 2.05) is 0 Å². The van der Waals surface area contributed by atoms with Gasteiger partial charge in [-0.25, -0.2) is 0 Å². The number of hydrogen-bond acceptors (Lipinski definition) is 4. The number of rotatable bonds is 3. The predicted octanol–water partition coefficient (Wildman–Crippen LogP) is 2.68. The number of benzene rings is 2. The zero-order chi connectivity index (χ0) is 16.3. The molecule has 0 aliphatic heterocycles. The van der Waals surface area contributed by atoms with Gasteiger partial charge in [0.2, 0.25) is 11.8 Å². The van der Waals surface area contributed by atoms with Crippen molar-refractivity contribution < 1.29 is 19.8 Å². The lowest BCUT2D eigenvalue weighted by molar-refractivity contribution is -0.115. The predicted molar refractivity (Wildman–Crippen MR) is 83.8 cm³/mol. The van der Waals surface area contributed by atoms with E-state index in [1.165, 1.54) is 26.0 Å². The molecular formula is C16H16N2O4. The van der Waals surface area contributed by atoms with Gasteiger partial charge in [-0.1, -0.05) is 12.1 Å². The van der Waals surface area contributed by atoms with Crippen LogP contribution in [0.1, 0.15) is 13.8 Å². The lowest BCUT2D eigenvalue weighted by Gasteiger charge is -2.11. The second-order valence-electron chi connectivity index (χ2n) is 4.83. The van der Waals surface area contributed by atoms with Crippen LogP contribution in [0.4, 0.5) is 11.4 Å². The molecule has 0 aromatic heterocycles. The fourth-order valence-corrected chi connectivity index (χ4v) is 2.01. The van der Waals surface area contributed by atoms with Crippen LogP contribution in [0, 0.1) is 0 Å². The van der Waals surface area contributed by atoms with Crippen molar-refractivity contribution in [1.82, 2.24) is 0 Å². The number of phenols is 2. The normalized spacial score (nSPS) is 10.1. The summed E-state index contributed by atoms with van der Waals surface area (Å²) in [4.78, 5) is 22.3. The zero-order valence-electron chi connectivity index (χ0n) is 12.2. The molecule has 2 rings (SSSR count). The fourth-order valence-electron chi connectivity index (χ4n) is 2.01. The second kappa shape index (κ2) is 6.17. The van der Waals surface area contributed by atoms with Gasteiger partial charge in [0.05, 0.1) is 11.4 Å². The van der Waals surface area contributed by atoms with Crippen LogP contribution in [0.2, 0.25) is 0 Å². The number of carbonyl (C=O) groups excluding carboxylic acids is 2. The Morgan fingerprint density at radius 2 is 1.14 bits per heavy atom. The summed E-state index contributed by atoms with van der Waals surface area (Å²) in [6.45, 7) is 2.70. The number of nitrogens with one attached hydrogen (secondary N) is 2. The first-order valence-electron chi connectivity index (χ1n) is 6.58. The Kier molecular flexibility index (Phi) is 4.31. The standard InChI is InChI=1S/C16H16N2O4/c1-9(19)17-13-7-11(3-5-15(13)21)12-4-6-16(22)14(8-12)18-10(2)20/h3-8,21-22H,1-2H3,(H,17,19)(H,18,20). The van der Waals surface area contributed by atoms with E-state index in [9.17, 15) is 19.8 Å². The molecule has 2 amide bonds. The molecule has 0 saturated heterocycles. The molecule has 0 fully saturated rings. The van der Waals surface area contributed by atoms with E-state index in [1.54, 1.807) is 24.3 Å². The summed E-state index contributed by atoms with van der Waals surface area (Å²) >= 11 is 0. The fraction of sp³-hybridized carbons (Fsp3) is 0.125. The van der Waals surface area contributed by atoms with Crippen LogP contribution in [0.25, 0.3) is 11.1 Å². The maximum absolute atomic E-state index is 11.1. The minimum absolute atomic E-state index is 0.0418. The van der Waals surface area contributed by atoms with Crippen molar-refractivity contribution in [3.05, 3.63) is 36.4 Å². The van der Waals surface area contributed by atoms with E-state index in [-0.39, 0.29) is 23.3 Å². The Hall–Kier alpha value is -3.02. The Morgan fingerprint density at radius 1 is 0.773 bits per heavy atom. The minimum atomic E-state index is -0.294. The molecular weight excluding hydrogens is 284 g/mol. The van der Waals surface area contributed by atoms with E-state index >= 15 is 0 Å². The molecule has 6 nitrogen and oxygen atoms in total. The molecule has 6 heteroatoms. The molecule has 0 bridgehead atoms. The van der Waals surface area contributed by atoms with Crippen molar-refractivity contribution in [1.29, 1.82) is 0 Å².